The smallest absolute Gasteiger partial charge is 0.237 e. The van der Waals surface area contributed by atoms with Crippen molar-refractivity contribution < 1.29 is 9.90 Å². The lowest BCUT2D eigenvalue weighted by Crippen LogP contribution is -2.48. The number of fused-ring (bicyclic) bond motifs is 1. The van der Waals surface area contributed by atoms with Crippen LogP contribution in [0, 0.1) is 0 Å². The summed E-state index contributed by atoms with van der Waals surface area (Å²) in [7, 11) is 1.94. The van der Waals surface area contributed by atoms with E-state index in [1.165, 1.54) is 11.1 Å². The number of likely N-dealkylation sites (tertiary alicyclic amines) is 1. The summed E-state index contributed by atoms with van der Waals surface area (Å²) in [4.78, 5) is 16.9. The maximum Gasteiger partial charge on any atom is 0.237 e. The third-order valence-electron chi connectivity index (χ3n) is 5.50. The van der Waals surface area contributed by atoms with Gasteiger partial charge in [0.1, 0.15) is 0 Å². The number of likely N-dealkylation sites (N-methyl/N-ethyl adjacent to an activating group) is 1. The summed E-state index contributed by atoms with van der Waals surface area (Å²) in [5.41, 5.74) is 2.70. The number of piperidine rings is 1. The summed E-state index contributed by atoms with van der Waals surface area (Å²) in [5.74, 6) is 0.173. The number of hydrogen-bond donors (Lipinski definition) is 1. The van der Waals surface area contributed by atoms with E-state index in [2.05, 4.69) is 29.2 Å². The Bertz CT molecular complexity index is 546. The molecule has 1 heterocycles. The van der Waals surface area contributed by atoms with Crippen molar-refractivity contribution in [1.82, 2.24) is 9.80 Å². The second-order valence-corrected chi connectivity index (χ2v) is 6.91. The third kappa shape index (κ3) is 3.59. The first-order chi connectivity index (χ1) is 11.2. The first kappa shape index (κ1) is 16.5. The SMILES string of the molecule is CN(C(=O)CN1CCCCC1CO)C1CCCc2ccccc21. The lowest BCUT2D eigenvalue weighted by molar-refractivity contribution is -0.134. The normalized spacial score (nSPS) is 25.0. The molecule has 0 radical (unpaired) electrons. The van der Waals surface area contributed by atoms with E-state index < -0.39 is 0 Å². The summed E-state index contributed by atoms with van der Waals surface area (Å²) >= 11 is 0. The zero-order valence-corrected chi connectivity index (χ0v) is 14.1. The van der Waals surface area contributed by atoms with Gasteiger partial charge in [-0.15, -0.1) is 0 Å². The standard InChI is InChI=1S/C19H28N2O2/c1-20(18-11-6-8-15-7-2-3-10-17(15)18)19(23)13-21-12-5-4-9-16(21)14-22/h2-3,7,10,16,18,22H,4-6,8-9,11-14H2,1H3. The highest BCUT2D eigenvalue weighted by Gasteiger charge is 2.29. The molecule has 126 valence electrons. The van der Waals surface area contributed by atoms with Gasteiger partial charge in [0.05, 0.1) is 19.2 Å². The van der Waals surface area contributed by atoms with E-state index in [9.17, 15) is 9.90 Å². The first-order valence-electron chi connectivity index (χ1n) is 8.89. The largest absolute Gasteiger partial charge is 0.395 e. The van der Waals surface area contributed by atoms with Crippen molar-refractivity contribution in [3.8, 4) is 0 Å². The molecule has 1 N–H and O–H groups in total. The maximum atomic E-state index is 12.8. The highest BCUT2D eigenvalue weighted by Crippen LogP contribution is 2.33. The van der Waals surface area contributed by atoms with Crippen LogP contribution in [-0.4, -0.2) is 53.6 Å². The number of amides is 1. The zero-order chi connectivity index (χ0) is 16.2. The Morgan fingerprint density at radius 3 is 2.91 bits per heavy atom. The zero-order valence-electron chi connectivity index (χ0n) is 14.1. The van der Waals surface area contributed by atoms with Gasteiger partial charge in [0, 0.05) is 13.1 Å². The number of carbonyl (C=O) groups excluding carboxylic acids is 1. The van der Waals surface area contributed by atoms with E-state index in [4.69, 9.17) is 0 Å². The van der Waals surface area contributed by atoms with Crippen LogP contribution in [0.2, 0.25) is 0 Å². The molecule has 2 atom stereocenters. The highest BCUT2D eigenvalue weighted by atomic mass is 16.3. The molecule has 2 aliphatic rings. The number of benzene rings is 1. The minimum Gasteiger partial charge on any atom is -0.395 e. The summed E-state index contributed by atoms with van der Waals surface area (Å²) in [6.45, 7) is 1.51. The molecule has 1 amide bonds. The lowest BCUT2D eigenvalue weighted by atomic mass is 9.87. The number of carbonyl (C=O) groups is 1. The van der Waals surface area contributed by atoms with Gasteiger partial charge in [-0.05, 0) is 49.8 Å². The van der Waals surface area contributed by atoms with Crippen molar-refractivity contribution in [3.63, 3.8) is 0 Å². The Morgan fingerprint density at radius 2 is 2.09 bits per heavy atom. The van der Waals surface area contributed by atoms with Crippen LogP contribution in [0.4, 0.5) is 0 Å². The Morgan fingerprint density at radius 1 is 1.26 bits per heavy atom. The molecule has 0 aromatic heterocycles. The molecule has 23 heavy (non-hydrogen) atoms. The van der Waals surface area contributed by atoms with Crippen LogP contribution in [0.1, 0.15) is 49.3 Å². The fourth-order valence-electron chi connectivity index (χ4n) is 4.06. The van der Waals surface area contributed by atoms with Gasteiger partial charge in [0.15, 0.2) is 0 Å². The third-order valence-corrected chi connectivity index (χ3v) is 5.50. The number of nitrogens with zero attached hydrogens (tertiary/aromatic N) is 2. The average Bonchev–Trinajstić information content (AvgIpc) is 2.61. The van der Waals surface area contributed by atoms with E-state index in [-0.39, 0.29) is 24.6 Å². The van der Waals surface area contributed by atoms with Crippen molar-refractivity contribution in [2.24, 2.45) is 0 Å². The molecule has 0 bridgehead atoms. The molecule has 4 nitrogen and oxygen atoms in total. The molecule has 1 fully saturated rings. The van der Waals surface area contributed by atoms with Gasteiger partial charge in [-0.1, -0.05) is 30.7 Å². The van der Waals surface area contributed by atoms with Gasteiger partial charge >= 0.3 is 0 Å². The summed E-state index contributed by atoms with van der Waals surface area (Å²) in [6, 6.07) is 8.86. The van der Waals surface area contributed by atoms with Crippen LogP contribution in [-0.2, 0) is 11.2 Å². The Hall–Kier alpha value is -1.39. The maximum absolute atomic E-state index is 12.8. The second-order valence-electron chi connectivity index (χ2n) is 6.91. The van der Waals surface area contributed by atoms with E-state index in [1.807, 2.05) is 11.9 Å². The number of rotatable bonds is 4. The second kappa shape index (κ2) is 7.45. The Labute approximate surface area is 139 Å². The van der Waals surface area contributed by atoms with E-state index in [0.29, 0.717) is 6.54 Å². The van der Waals surface area contributed by atoms with E-state index in [0.717, 1.165) is 45.1 Å². The molecule has 0 saturated carbocycles. The van der Waals surface area contributed by atoms with E-state index >= 15 is 0 Å². The van der Waals surface area contributed by atoms with Gasteiger partial charge in [-0.25, -0.2) is 0 Å². The Kier molecular flexibility index (Phi) is 5.34. The molecule has 0 spiro atoms. The van der Waals surface area contributed by atoms with Crippen LogP contribution in [0.5, 0.6) is 0 Å². The van der Waals surface area contributed by atoms with Gasteiger partial charge in [-0.2, -0.15) is 0 Å². The minimum atomic E-state index is 0.153. The fourth-order valence-corrected chi connectivity index (χ4v) is 4.06. The highest BCUT2D eigenvalue weighted by molar-refractivity contribution is 5.78. The first-order valence-corrected chi connectivity index (χ1v) is 8.89. The molecule has 1 aromatic rings. The molecule has 1 aromatic carbocycles. The van der Waals surface area contributed by atoms with Gasteiger partial charge in [-0.3, -0.25) is 9.69 Å². The predicted octanol–water partition coefficient (Wildman–Crippen LogP) is 2.37. The van der Waals surface area contributed by atoms with Crippen LogP contribution >= 0.6 is 0 Å². The van der Waals surface area contributed by atoms with Gasteiger partial charge < -0.3 is 10.0 Å². The number of aliphatic hydroxyl groups excluding tert-OH is 1. The summed E-state index contributed by atoms with van der Waals surface area (Å²) < 4.78 is 0. The van der Waals surface area contributed by atoms with E-state index in [1.54, 1.807) is 0 Å². The topological polar surface area (TPSA) is 43.8 Å². The molecule has 1 aliphatic heterocycles. The molecular weight excluding hydrogens is 288 g/mol. The molecule has 2 unspecified atom stereocenters. The van der Waals surface area contributed by atoms with Crippen LogP contribution < -0.4 is 0 Å². The van der Waals surface area contributed by atoms with Crippen molar-refractivity contribution in [2.75, 3.05) is 26.7 Å². The van der Waals surface area contributed by atoms with Crippen LogP contribution in [0.15, 0.2) is 24.3 Å². The molecule has 3 rings (SSSR count). The molecule has 1 aliphatic carbocycles. The lowest BCUT2D eigenvalue weighted by Gasteiger charge is -2.38. The van der Waals surface area contributed by atoms with Crippen molar-refractivity contribution in [1.29, 1.82) is 0 Å². The molecule has 4 heteroatoms. The summed E-state index contributed by atoms with van der Waals surface area (Å²) in [5, 5.41) is 9.53. The van der Waals surface area contributed by atoms with Crippen molar-refractivity contribution in [3.05, 3.63) is 35.4 Å². The monoisotopic (exact) mass is 316 g/mol. The molecule has 1 saturated heterocycles. The fraction of sp³-hybridized carbons (Fsp3) is 0.632. The minimum absolute atomic E-state index is 0.153. The molecular formula is C19H28N2O2. The number of aliphatic hydroxyl groups is 1. The van der Waals surface area contributed by atoms with Crippen LogP contribution in [0.3, 0.4) is 0 Å². The van der Waals surface area contributed by atoms with Gasteiger partial charge in [0.2, 0.25) is 5.91 Å². The van der Waals surface area contributed by atoms with Crippen molar-refractivity contribution >= 4 is 5.91 Å². The quantitative estimate of drug-likeness (QED) is 0.927. The number of hydrogen-bond acceptors (Lipinski definition) is 3. The summed E-state index contributed by atoms with van der Waals surface area (Å²) in [6.07, 6.45) is 6.58. The predicted molar refractivity (Wildman–Crippen MR) is 91.2 cm³/mol. The Balaban J connectivity index is 1.68. The van der Waals surface area contributed by atoms with Gasteiger partial charge in [0.25, 0.3) is 0 Å². The van der Waals surface area contributed by atoms with Crippen LogP contribution in [0.25, 0.3) is 0 Å². The van der Waals surface area contributed by atoms with Crippen molar-refractivity contribution in [2.45, 2.75) is 50.6 Å². The number of aryl methyl sites for hydroxylation is 1. The average molecular weight is 316 g/mol.